The van der Waals surface area contributed by atoms with Crippen molar-refractivity contribution in [1.82, 2.24) is 5.32 Å². The Labute approximate surface area is 123 Å². The molecule has 2 fully saturated rings. The number of nitrogens with one attached hydrogen (secondary N) is 1. The predicted molar refractivity (Wildman–Crippen MR) is 78.2 cm³/mol. The van der Waals surface area contributed by atoms with Crippen LogP contribution in [0.25, 0.3) is 0 Å². The maximum Gasteiger partial charge on any atom is 0.252 e. The van der Waals surface area contributed by atoms with E-state index in [0.29, 0.717) is 18.4 Å². The van der Waals surface area contributed by atoms with Crippen molar-refractivity contribution in [2.75, 3.05) is 20.3 Å². The number of amides is 1. The van der Waals surface area contributed by atoms with Crippen molar-refractivity contribution in [1.29, 1.82) is 0 Å². The number of thiophene rings is 1. The molecule has 1 saturated carbocycles. The minimum Gasteiger partial charge on any atom is -0.384 e. The fraction of sp³-hybridized carbons (Fsp3) is 0.667. The van der Waals surface area contributed by atoms with Gasteiger partial charge < -0.3 is 14.8 Å². The van der Waals surface area contributed by atoms with Crippen LogP contribution in [0, 0.1) is 11.8 Å². The lowest BCUT2D eigenvalue weighted by molar-refractivity contribution is -0.0809. The van der Waals surface area contributed by atoms with Crippen LogP contribution >= 0.6 is 11.3 Å². The lowest BCUT2D eigenvalue weighted by atomic mass is 9.67. The van der Waals surface area contributed by atoms with E-state index >= 15 is 0 Å². The number of rotatable bonds is 5. The van der Waals surface area contributed by atoms with Crippen molar-refractivity contribution in [2.24, 2.45) is 11.8 Å². The van der Waals surface area contributed by atoms with Crippen molar-refractivity contribution in [3.05, 3.63) is 21.9 Å². The second kappa shape index (κ2) is 5.84. The van der Waals surface area contributed by atoms with Gasteiger partial charge in [-0.3, -0.25) is 4.79 Å². The van der Waals surface area contributed by atoms with Crippen LogP contribution in [0.4, 0.5) is 0 Å². The summed E-state index contributed by atoms with van der Waals surface area (Å²) in [6.07, 6.45) is 2.29. The van der Waals surface area contributed by atoms with Gasteiger partial charge in [0, 0.05) is 41.9 Å². The molecule has 20 heavy (non-hydrogen) atoms. The Morgan fingerprint density at radius 3 is 3.15 bits per heavy atom. The van der Waals surface area contributed by atoms with Crippen LogP contribution < -0.4 is 5.32 Å². The summed E-state index contributed by atoms with van der Waals surface area (Å²) < 4.78 is 11.0. The Bertz CT molecular complexity index is 487. The molecule has 4 nitrogen and oxygen atoms in total. The highest BCUT2D eigenvalue weighted by Crippen LogP contribution is 2.43. The number of carbonyl (C=O) groups is 1. The second-order valence-corrected chi connectivity index (χ2v) is 6.56. The Kier molecular flexibility index (Phi) is 4.10. The summed E-state index contributed by atoms with van der Waals surface area (Å²) in [5.41, 5.74) is 0.783. The molecule has 5 heteroatoms. The van der Waals surface area contributed by atoms with Gasteiger partial charge in [0.25, 0.3) is 5.91 Å². The second-order valence-electron chi connectivity index (χ2n) is 5.56. The van der Waals surface area contributed by atoms with Crippen LogP contribution in [0.3, 0.4) is 0 Å². The van der Waals surface area contributed by atoms with E-state index < -0.39 is 0 Å². The number of methoxy groups -OCH3 is 1. The molecule has 1 saturated heterocycles. The molecule has 1 aromatic heterocycles. The minimum atomic E-state index is 0.0393. The molecule has 0 spiro atoms. The van der Waals surface area contributed by atoms with Crippen LogP contribution in [-0.2, 0) is 15.9 Å². The number of carbonyl (C=O) groups excluding carboxylic acids is 1. The molecular weight excluding hydrogens is 274 g/mol. The molecule has 3 rings (SSSR count). The first kappa shape index (κ1) is 14.0. The zero-order valence-electron chi connectivity index (χ0n) is 11.9. The van der Waals surface area contributed by atoms with Crippen molar-refractivity contribution >= 4 is 17.2 Å². The van der Waals surface area contributed by atoms with Gasteiger partial charge in [0.05, 0.1) is 18.3 Å². The molecule has 0 unspecified atom stereocenters. The standard InChI is InChI=1S/C15H21NO3S/c1-3-10-6-9(8-20-10)15(17)16-13-11-4-5-19-14(11)12(13)7-18-2/h6,8,11-14H,3-5,7H2,1-2H3,(H,16,17)/t11-,12+,13+,14-/m0/s1. The van der Waals surface area contributed by atoms with Crippen molar-refractivity contribution < 1.29 is 14.3 Å². The van der Waals surface area contributed by atoms with Crippen LogP contribution in [0.15, 0.2) is 11.4 Å². The van der Waals surface area contributed by atoms with Crippen molar-refractivity contribution in [3.8, 4) is 0 Å². The summed E-state index contributed by atoms with van der Waals surface area (Å²) in [5.74, 6) is 0.793. The van der Waals surface area contributed by atoms with E-state index in [9.17, 15) is 4.79 Å². The van der Waals surface area contributed by atoms with Gasteiger partial charge in [-0.15, -0.1) is 11.3 Å². The summed E-state index contributed by atoms with van der Waals surface area (Å²) in [7, 11) is 1.70. The maximum absolute atomic E-state index is 12.3. The average molecular weight is 295 g/mol. The molecule has 1 amide bonds. The monoisotopic (exact) mass is 295 g/mol. The van der Waals surface area contributed by atoms with Gasteiger partial charge in [0.2, 0.25) is 0 Å². The summed E-state index contributed by atoms with van der Waals surface area (Å²) >= 11 is 1.65. The largest absolute Gasteiger partial charge is 0.384 e. The Morgan fingerprint density at radius 2 is 2.45 bits per heavy atom. The molecule has 4 atom stereocenters. The quantitative estimate of drug-likeness (QED) is 0.905. The minimum absolute atomic E-state index is 0.0393. The number of hydrogen-bond acceptors (Lipinski definition) is 4. The Balaban J connectivity index is 1.65. The lowest BCUT2D eigenvalue weighted by Crippen LogP contribution is -2.62. The van der Waals surface area contributed by atoms with Crippen LogP contribution in [0.2, 0.25) is 0 Å². The first-order valence-electron chi connectivity index (χ1n) is 7.23. The van der Waals surface area contributed by atoms with E-state index in [2.05, 4.69) is 12.2 Å². The molecule has 0 aromatic carbocycles. The Morgan fingerprint density at radius 1 is 1.60 bits per heavy atom. The number of hydrogen-bond donors (Lipinski definition) is 1. The average Bonchev–Trinajstić information content (AvgIpc) is 3.09. The Hall–Kier alpha value is -0.910. The topological polar surface area (TPSA) is 47.6 Å². The van der Waals surface area contributed by atoms with E-state index in [1.165, 1.54) is 4.88 Å². The van der Waals surface area contributed by atoms with Gasteiger partial charge in [0.1, 0.15) is 0 Å². The normalized spacial score (nSPS) is 31.7. The highest BCUT2D eigenvalue weighted by molar-refractivity contribution is 7.10. The molecule has 0 radical (unpaired) electrons. The van der Waals surface area contributed by atoms with Gasteiger partial charge >= 0.3 is 0 Å². The van der Waals surface area contributed by atoms with Gasteiger partial charge in [-0.05, 0) is 18.9 Å². The number of aryl methyl sites for hydroxylation is 1. The van der Waals surface area contributed by atoms with Gasteiger partial charge in [-0.2, -0.15) is 0 Å². The van der Waals surface area contributed by atoms with E-state index in [0.717, 1.165) is 25.0 Å². The van der Waals surface area contributed by atoms with E-state index in [-0.39, 0.29) is 18.1 Å². The summed E-state index contributed by atoms with van der Waals surface area (Å²) in [4.78, 5) is 13.6. The third kappa shape index (κ3) is 2.38. The zero-order valence-corrected chi connectivity index (χ0v) is 12.7. The van der Waals surface area contributed by atoms with Gasteiger partial charge in [0.15, 0.2) is 0 Å². The highest BCUT2D eigenvalue weighted by Gasteiger charge is 2.54. The number of fused-ring (bicyclic) bond motifs is 1. The molecule has 1 N–H and O–H groups in total. The third-order valence-corrected chi connectivity index (χ3v) is 5.53. The van der Waals surface area contributed by atoms with Crippen molar-refractivity contribution in [2.45, 2.75) is 31.9 Å². The predicted octanol–water partition coefficient (Wildman–Crippen LogP) is 2.09. The molecule has 1 aliphatic heterocycles. The molecule has 2 heterocycles. The molecule has 1 aromatic rings. The van der Waals surface area contributed by atoms with E-state index in [1.54, 1.807) is 18.4 Å². The van der Waals surface area contributed by atoms with Gasteiger partial charge in [-0.1, -0.05) is 6.92 Å². The summed E-state index contributed by atoms with van der Waals surface area (Å²) in [6.45, 7) is 3.56. The highest BCUT2D eigenvalue weighted by atomic mass is 32.1. The van der Waals surface area contributed by atoms with E-state index in [4.69, 9.17) is 9.47 Å². The molecule has 2 aliphatic rings. The molecule has 0 bridgehead atoms. The van der Waals surface area contributed by atoms with Crippen molar-refractivity contribution in [3.63, 3.8) is 0 Å². The van der Waals surface area contributed by atoms with Crippen LogP contribution in [0.5, 0.6) is 0 Å². The lowest BCUT2D eigenvalue weighted by Gasteiger charge is -2.47. The first-order chi connectivity index (χ1) is 9.74. The SMILES string of the molecule is CCc1cc(C(=O)N[C@H]2[C@@H](COC)[C@H]3OCC[C@@H]23)cs1. The molecule has 1 aliphatic carbocycles. The first-order valence-corrected chi connectivity index (χ1v) is 8.11. The fourth-order valence-electron chi connectivity index (χ4n) is 3.35. The molecular formula is C15H21NO3S. The van der Waals surface area contributed by atoms with Crippen LogP contribution in [0.1, 0.15) is 28.6 Å². The molecule has 110 valence electrons. The third-order valence-electron chi connectivity index (χ3n) is 4.45. The van der Waals surface area contributed by atoms with Crippen LogP contribution in [-0.4, -0.2) is 38.4 Å². The summed E-state index contributed by atoms with van der Waals surface area (Å²) in [5, 5.41) is 5.13. The number of ether oxygens (including phenoxy) is 2. The summed E-state index contributed by atoms with van der Waals surface area (Å²) in [6, 6.07) is 2.19. The maximum atomic E-state index is 12.3. The van der Waals surface area contributed by atoms with Gasteiger partial charge in [-0.25, -0.2) is 0 Å². The zero-order chi connectivity index (χ0) is 14.1. The van der Waals surface area contributed by atoms with E-state index in [1.807, 2.05) is 11.4 Å². The fourth-order valence-corrected chi connectivity index (χ4v) is 4.17. The smallest absolute Gasteiger partial charge is 0.252 e.